The van der Waals surface area contributed by atoms with Crippen LogP contribution >= 0.6 is 0 Å². The Kier molecular flexibility index (Phi) is 5.43. The second kappa shape index (κ2) is 6.85. The van der Waals surface area contributed by atoms with E-state index in [0.717, 1.165) is 0 Å². The smallest absolute Gasteiger partial charge is 0.333 e. The lowest BCUT2D eigenvalue weighted by molar-refractivity contribution is -0.147. The molecule has 0 fully saturated rings. The van der Waals surface area contributed by atoms with Gasteiger partial charge in [-0.25, -0.2) is 4.79 Å². The number of aliphatic carboxylic acids is 2. The molecule has 0 radical (unpaired) electrons. The van der Waals surface area contributed by atoms with Gasteiger partial charge in [-0.15, -0.1) is 0 Å². The van der Waals surface area contributed by atoms with E-state index in [1.807, 2.05) is 0 Å². The molecule has 5 N–H and O–H groups in total. The molecular weight excluding hydrogens is 276 g/mol. The number of carbonyl (C=O) groups excluding carboxylic acids is 1. The number of rotatable bonds is 7. The first kappa shape index (κ1) is 16.6. The van der Waals surface area contributed by atoms with E-state index in [1.165, 1.54) is 6.92 Å². The lowest BCUT2D eigenvalue weighted by atomic mass is 9.91. The van der Waals surface area contributed by atoms with Gasteiger partial charge in [-0.1, -0.05) is 30.3 Å². The summed E-state index contributed by atoms with van der Waals surface area (Å²) in [4.78, 5) is 33.9. The molecule has 114 valence electrons. The molecule has 0 heterocycles. The lowest BCUT2D eigenvalue weighted by Gasteiger charge is -2.28. The average molecular weight is 294 g/mol. The summed E-state index contributed by atoms with van der Waals surface area (Å²) in [6, 6.07) is 7.13. The molecule has 7 nitrogen and oxygen atoms in total. The molecule has 0 aliphatic carbocycles. The van der Waals surface area contributed by atoms with Gasteiger partial charge in [0, 0.05) is 6.42 Å². The van der Waals surface area contributed by atoms with Crippen molar-refractivity contribution in [1.29, 1.82) is 0 Å². The minimum atomic E-state index is -1.63. The summed E-state index contributed by atoms with van der Waals surface area (Å²) < 4.78 is 0. The number of amides is 1. The summed E-state index contributed by atoms with van der Waals surface area (Å²) in [6.45, 7) is 1.35. The number of carboxylic acid groups (broad SMARTS) is 2. The maximum absolute atomic E-state index is 12.0. The fourth-order valence-corrected chi connectivity index (χ4v) is 1.77. The van der Waals surface area contributed by atoms with Crippen molar-refractivity contribution in [3.05, 3.63) is 35.9 Å². The van der Waals surface area contributed by atoms with Crippen molar-refractivity contribution in [2.24, 2.45) is 5.73 Å². The van der Waals surface area contributed by atoms with E-state index < -0.39 is 29.4 Å². The van der Waals surface area contributed by atoms with E-state index in [9.17, 15) is 19.5 Å². The van der Waals surface area contributed by atoms with E-state index in [0.29, 0.717) is 5.56 Å². The predicted molar refractivity (Wildman–Crippen MR) is 74.4 cm³/mol. The van der Waals surface area contributed by atoms with E-state index in [2.05, 4.69) is 5.32 Å². The first-order valence-electron chi connectivity index (χ1n) is 6.35. The summed E-state index contributed by atoms with van der Waals surface area (Å²) in [5, 5.41) is 20.3. The van der Waals surface area contributed by atoms with Crippen LogP contribution in [0.1, 0.15) is 25.3 Å². The molecule has 1 aromatic carbocycles. The second-order valence-electron chi connectivity index (χ2n) is 4.82. The van der Waals surface area contributed by atoms with Crippen LogP contribution in [0.4, 0.5) is 0 Å². The van der Waals surface area contributed by atoms with Crippen molar-refractivity contribution in [1.82, 2.24) is 5.32 Å². The monoisotopic (exact) mass is 294 g/mol. The predicted octanol–water partition coefficient (Wildman–Crippen LogP) is 0.295. The van der Waals surface area contributed by atoms with Gasteiger partial charge >= 0.3 is 11.9 Å². The highest BCUT2D eigenvalue weighted by atomic mass is 16.4. The summed E-state index contributed by atoms with van der Waals surface area (Å²) in [5.74, 6) is -3.00. The van der Waals surface area contributed by atoms with Crippen LogP contribution in [0.15, 0.2) is 30.3 Å². The third kappa shape index (κ3) is 4.28. The first-order valence-corrected chi connectivity index (χ1v) is 6.35. The van der Waals surface area contributed by atoms with Gasteiger partial charge in [0.1, 0.15) is 0 Å². The third-order valence-electron chi connectivity index (χ3n) is 3.16. The van der Waals surface area contributed by atoms with Crippen LogP contribution in [0.5, 0.6) is 0 Å². The van der Waals surface area contributed by atoms with Gasteiger partial charge in [0.2, 0.25) is 5.91 Å². The molecule has 2 unspecified atom stereocenters. The average Bonchev–Trinajstić information content (AvgIpc) is 2.45. The maximum atomic E-state index is 12.0. The number of benzene rings is 1. The fraction of sp³-hybridized carbons (Fsp3) is 0.357. The normalized spacial score (nSPS) is 14.8. The Morgan fingerprint density at radius 1 is 1.24 bits per heavy atom. The highest BCUT2D eigenvalue weighted by molar-refractivity contribution is 5.90. The van der Waals surface area contributed by atoms with Gasteiger partial charge in [-0.2, -0.15) is 0 Å². The summed E-state index contributed by atoms with van der Waals surface area (Å²) in [6.07, 6.45) is -0.324. The van der Waals surface area contributed by atoms with Crippen LogP contribution in [-0.4, -0.2) is 34.1 Å². The Morgan fingerprint density at radius 3 is 2.29 bits per heavy atom. The van der Waals surface area contributed by atoms with Crippen LogP contribution in [-0.2, 0) is 19.9 Å². The topological polar surface area (TPSA) is 130 Å². The Balaban J connectivity index is 2.87. The number of nitrogens with one attached hydrogen (secondary N) is 1. The van der Waals surface area contributed by atoms with Crippen molar-refractivity contribution in [3.63, 3.8) is 0 Å². The van der Waals surface area contributed by atoms with Gasteiger partial charge in [0.25, 0.3) is 0 Å². The molecule has 21 heavy (non-hydrogen) atoms. The summed E-state index contributed by atoms with van der Waals surface area (Å²) in [5.41, 5.74) is 4.36. The molecule has 7 heteroatoms. The Labute approximate surface area is 121 Å². The maximum Gasteiger partial charge on any atom is 0.333 e. The van der Waals surface area contributed by atoms with Crippen LogP contribution in [0.3, 0.4) is 0 Å². The van der Waals surface area contributed by atoms with Crippen molar-refractivity contribution in [2.45, 2.75) is 31.3 Å². The zero-order valence-electron chi connectivity index (χ0n) is 11.6. The third-order valence-corrected chi connectivity index (χ3v) is 3.16. The standard InChI is InChI=1S/C14H18N2O5/c1-14(13(20)21,9-5-3-2-4-6-9)16-12(19)10(15)7-8-11(17)18/h2-6,10H,7-8,15H2,1H3,(H,16,19)(H,17,18)(H,20,21). The summed E-state index contributed by atoms with van der Waals surface area (Å²) >= 11 is 0. The summed E-state index contributed by atoms with van der Waals surface area (Å²) in [7, 11) is 0. The first-order chi connectivity index (χ1) is 9.77. The van der Waals surface area contributed by atoms with Crippen LogP contribution in [0.2, 0.25) is 0 Å². The van der Waals surface area contributed by atoms with Gasteiger partial charge in [0.05, 0.1) is 6.04 Å². The molecule has 1 rings (SSSR count). The SMILES string of the molecule is CC(NC(=O)C(N)CCC(=O)O)(C(=O)O)c1ccccc1. The molecule has 0 aliphatic rings. The molecule has 0 saturated heterocycles. The van der Waals surface area contributed by atoms with E-state index in [1.54, 1.807) is 30.3 Å². The van der Waals surface area contributed by atoms with Crippen molar-refractivity contribution < 1.29 is 24.6 Å². The zero-order chi connectivity index (χ0) is 16.0. The van der Waals surface area contributed by atoms with Crippen LogP contribution < -0.4 is 11.1 Å². The number of carboxylic acids is 2. The Morgan fingerprint density at radius 2 is 1.81 bits per heavy atom. The van der Waals surface area contributed by atoms with Crippen molar-refractivity contribution in [2.75, 3.05) is 0 Å². The lowest BCUT2D eigenvalue weighted by Crippen LogP contribution is -2.54. The van der Waals surface area contributed by atoms with Gasteiger partial charge < -0.3 is 21.3 Å². The van der Waals surface area contributed by atoms with E-state index in [4.69, 9.17) is 10.8 Å². The Hall–Kier alpha value is -2.41. The molecule has 0 bridgehead atoms. The number of hydrogen-bond donors (Lipinski definition) is 4. The molecule has 0 spiro atoms. The quantitative estimate of drug-likeness (QED) is 0.572. The fourth-order valence-electron chi connectivity index (χ4n) is 1.77. The van der Waals surface area contributed by atoms with E-state index >= 15 is 0 Å². The van der Waals surface area contributed by atoms with Crippen LogP contribution in [0, 0.1) is 0 Å². The van der Waals surface area contributed by atoms with E-state index in [-0.39, 0.29) is 12.8 Å². The molecule has 0 saturated carbocycles. The molecule has 2 atom stereocenters. The molecule has 1 amide bonds. The number of hydrogen-bond acceptors (Lipinski definition) is 4. The number of nitrogens with two attached hydrogens (primary N) is 1. The number of carbonyl (C=O) groups is 3. The second-order valence-corrected chi connectivity index (χ2v) is 4.82. The molecule has 1 aromatic rings. The molecule has 0 aliphatic heterocycles. The minimum absolute atomic E-state index is 0.0638. The highest BCUT2D eigenvalue weighted by Crippen LogP contribution is 2.21. The largest absolute Gasteiger partial charge is 0.481 e. The van der Waals surface area contributed by atoms with Gasteiger partial charge in [0.15, 0.2) is 5.54 Å². The molecule has 0 aromatic heterocycles. The van der Waals surface area contributed by atoms with Gasteiger partial charge in [-0.3, -0.25) is 9.59 Å². The van der Waals surface area contributed by atoms with Crippen LogP contribution in [0.25, 0.3) is 0 Å². The van der Waals surface area contributed by atoms with Crippen molar-refractivity contribution >= 4 is 17.8 Å². The zero-order valence-corrected chi connectivity index (χ0v) is 11.6. The Bertz CT molecular complexity index is 531. The van der Waals surface area contributed by atoms with Crippen molar-refractivity contribution in [3.8, 4) is 0 Å². The minimum Gasteiger partial charge on any atom is -0.481 e. The van der Waals surface area contributed by atoms with Gasteiger partial charge in [-0.05, 0) is 18.9 Å². The molecular formula is C14H18N2O5. The highest BCUT2D eigenvalue weighted by Gasteiger charge is 2.37.